The summed E-state index contributed by atoms with van der Waals surface area (Å²) in [5.41, 5.74) is 0.696. The van der Waals surface area contributed by atoms with Crippen LogP contribution in [0.25, 0.3) is 0 Å². The number of rotatable bonds is 7. The first kappa shape index (κ1) is 16.8. The molecule has 1 aromatic heterocycles. The Bertz CT molecular complexity index is 630. The maximum Gasteiger partial charge on any atom is 0.238 e. The fraction of sp³-hybridized carbons (Fsp3) is 0.312. The number of carbonyl (C=O) groups excluding carboxylic acids is 1. The monoisotopic (exact) mass is 338 g/mol. The molecule has 1 heterocycles. The molecule has 0 saturated carbocycles. The van der Waals surface area contributed by atoms with Crippen molar-refractivity contribution < 1.29 is 9.53 Å². The number of benzene rings is 1. The molecular weight excluding hydrogens is 320 g/mol. The molecule has 0 saturated heterocycles. The van der Waals surface area contributed by atoms with Gasteiger partial charge in [-0.3, -0.25) is 9.69 Å². The van der Waals surface area contributed by atoms with Crippen LogP contribution in [0.15, 0.2) is 36.4 Å². The van der Waals surface area contributed by atoms with Crippen LogP contribution in [-0.4, -0.2) is 31.0 Å². The summed E-state index contributed by atoms with van der Waals surface area (Å²) in [6.07, 6.45) is 0. The number of carbonyl (C=O) groups is 1. The number of nitrogens with zero attached hydrogens (tertiary/aromatic N) is 1. The average molecular weight is 339 g/mol. The lowest BCUT2D eigenvalue weighted by molar-refractivity contribution is -0.117. The third kappa shape index (κ3) is 5.02. The van der Waals surface area contributed by atoms with Gasteiger partial charge in [-0.1, -0.05) is 23.7 Å². The lowest BCUT2D eigenvalue weighted by Crippen LogP contribution is -2.29. The number of ether oxygens (including phenoxy) is 1. The Balaban J connectivity index is 1.89. The summed E-state index contributed by atoms with van der Waals surface area (Å²) < 4.78 is 6.26. The predicted octanol–water partition coefficient (Wildman–Crippen LogP) is 3.87. The van der Waals surface area contributed by atoms with Gasteiger partial charge in [-0.25, -0.2) is 0 Å². The molecule has 2 aromatic rings. The van der Waals surface area contributed by atoms with Gasteiger partial charge >= 0.3 is 0 Å². The number of nitrogens with one attached hydrogen (secondary N) is 1. The number of hydrogen-bond donors (Lipinski definition) is 1. The SMILES string of the molecule is CCOc1ccccc1NC(=O)CN(C)Cc1ccc(Cl)s1. The molecule has 1 aromatic carbocycles. The molecule has 0 aliphatic rings. The van der Waals surface area contributed by atoms with Gasteiger partial charge in [0.15, 0.2) is 0 Å². The Labute approximate surface area is 139 Å². The number of likely N-dealkylation sites (N-methyl/N-ethyl adjacent to an activating group) is 1. The lowest BCUT2D eigenvalue weighted by atomic mass is 10.3. The van der Waals surface area contributed by atoms with Crippen molar-refractivity contribution in [1.82, 2.24) is 4.90 Å². The van der Waals surface area contributed by atoms with E-state index >= 15 is 0 Å². The summed E-state index contributed by atoms with van der Waals surface area (Å²) in [6.45, 7) is 3.47. The molecule has 0 aliphatic heterocycles. The molecule has 6 heteroatoms. The zero-order valence-corrected chi connectivity index (χ0v) is 14.2. The van der Waals surface area contributed by atoms with Crippen LogP contribution < -0.4 is 10.1 Å². The van der Waals surface area contributed by atoms with Crippen LogP contribution in [0.2, 0.25) is 4.34 Å². The Morgan fingerprint density at radius 3 is 2.77 bits per heavy atom. The minimum atomic E-state index is -0.0719. The standard InChI is InChI=1S/C16H19ClN2O2S/c1-3-21-14-7-5-4-6-13(14)18-16(20)11-19(2)10-12-8-9-15(17)22-12/h4-9H,3,10-11H2,1-2H3,(H,18,20). The number of para-hydroxylation sites is 2. The smallest absolute Gasteiger partial charge is 0.238 e. The molecule has 0 bridgehead atoms. The van der Waals surface area contributed by atoms with E-state index in [4.69, 9.17) is 16.3 Å². The number of amides is 1. The molecule has 1 N–H and O–H groups in total. The fourth-order valence-corrected chi connectivity index (χ4v) is 3.21. The molecule has 0 fully saturated rings. The summed E-state index contributed by atoms with van der Waals surface area (Å²) in [6, 6.07) is 11.3. The lowest BCUT2D eigenvalue weighted by Gasteiger charge is -2.16. The quantitative estimate of drug-likeness (QED) is 0.833. The van der Waals surface area contributed by atoms with Gasteiger partial charge in [-0.2, -0.15) is 0 Å². The van der Waals surface area contributed by atoms with Crippen LogP contribution in [-0.2, 0) is 11.3 Å². The Hall–Kier alpha value is -1.56. The molecule has 0 spiro atoms. The first-order valence-corrected chi connectivity index (χ1v) is 8.22. The summed E-state index contributed by atoms with van der Waals surface area (Å²) in [5.74, 6) is 0.614. The summed E-state index contributed by atoms with van der Waals surface area (Å²) >= 11 is 7.44. The van der Waals surface area contributed by atoms with Gasteiger partial charge < -0.3 is 10.1 Å². The van der Waals surface area contributed by atoms with Gasteiger partial charge in [-0.15, -0.1) is 11.3 Å². The first-order valence-electron chi connectivity index (χ1n) is 7.03. The van der Waals surface area contributed by atoms with E-state index in [1.165, 1.54) is 11.3 Å². The highest BCUT2D eigenvalue weighted by atomic mass is 35.5. The summed E-state index contributed by atoms with van der Waals surface area (Å²) in [7, 11) is 1.90. The fourth-order valence-electron chi connectivity index (χ4n) is 2.04. The van der Waals surface area contributed by atoms with Crippen molar-refractivity contribution in [3.05, 3.63) is 45.6 Å². The molecule has 0 radical (unpaired) electrons. The Morgan fingerprint density at radius 1 is 1.32 bits per heavy atom. The number of halogens is 1. The van der Waals surface area contributed by atoms with Gasteiger partial charge in [0.25, 0.3) is 0 Å². The highest BCUT2D eigenvalue weighted by Gasteiger charge is 2.11. The van der Waals surface area contributed by atoms with E-state index in [-0.39, 0.29) is 5.91 Å². The van der Waals surface area contributed by atoms with Crippen LogP contribution in [0.1, 0.15) is 11.8 Å². The number of hydrogen-bond acceptors (Lipinski definition) is 4. The van der Waals surface area contributed by atoms with Crippen molar-refractivity contribution >= 4 is 34.5 Å². The van der Waals surface area contributed by atoms with Gasteiger partial charge in [0.05, 0.1) is 23.2 Å². The second-order valence-electron chi connectivity index (χ2n) is 4.86. The van der Waals surface area contributed by atoms with Crippen LogP contribution in [0.5, 0.6) is 5.75 Å². The zero-order valence-electron chi connectivity index (χ0n) is 12.6. The molecule has 0 atom stereocenters. The van der Waals surface area contributed by atoms with Crippen LogP contribution in [0, 0.1) is 0 Å². The predicted molar refractivity (Wildman–Crippen MR) is 91.9 cm³/mol. The van der Waals surface area contributed by atoms with Gasteiger partial charge in [-0.05, 0) is 38.2 Å². The molecule has 0 aliphatic carbocycles. The third-order valence-electron chi connectivity index (χ3n) is 2.93. The zero-order chi connectivity index (χ0) is 15.9. The van der Waals surface area contributed by atoms with Crippen LogP contribution >= 0.6 is 22.9 Å². The minimum absolute atomic E-state index is 0.0719. The first-order chi connectivity index (χ1) is 10.6. The second kappa shape index (κ2) is 8.17. The van der Waals surface area contributed by atoms with Crippen molar-refractivity contribution in [3.63, 3.8) is 0 Å². The normalized spacial score (nSPS) is 10.7. The number of thiophene rings is 1. The average Bonchev–Trinajstić information content (AvgIpc) is 2.86. The van der Waals surface area contributed by atoms with E-state index in [0.29, 0.717) is 31.1 Å². The van der Waals surface area contributed by atoms with E-state index in [1.807, 2.05) is 55.3 Å². The molecule has 118 valence electrons. The molecule has 4 nitrogen and oxygen atoms in total. The van der Waals surface area contributed by atoms with E-state index in [0.717, 1.165) is 9.21 Å². The molecule has 2 rings (SSSR count). The maximum absolute atomic E-state index is 12.1. The third-order valence-corrected chi connectivity index (χ3v) is 4.15. The highest BCUT2D eigenvalue weighted by Crippen LogP contribution is 2.24. The largest absolute Gasteiger partial charge is 0.492 e. The van der Waals surface area contributed by atoms with Gasteiger partial charge in [0, 0.05) is 11.4 Å². The van der Waals surface area contributed by atoms with Crippen LogP contribution in [0.3, 0.4) is 0 Å². The van der Waals surface area contributed by atoms with Crippen LogP contribution in [0.4, 0.5) is 5.69 Å². The molecule has 22 heavy (non-hydrogen) atoms. The Kier molecular flexibility index (Phi) is 6.24. The number of anilines is 1. The highest BCUT2D eigenvalue weighted by molar-refractivity contribution is 7.16. The van der Waals surface area contributed by atoms with Crippen molar-refractivity contribution in [2.24, 2.45) is 0 Å². The van der Waals surface area contributed by atoms with Crippen molar-refractivity contribution in [1.29, 1.82) is 0 Å². The molecule has 1 amide bonds. The second-order valence-corrected chi connectivity index (χ2v) is 6.66. The maximum atomic E-state index is 12.1. The van der Waals surface area contributed by atoms with Crippen molar-refractivity contribution in [3.8, 4) is 5.75 Å². The van der Waals surface area contributed by atoms with Crippen molar-refractivity contribution in [2.75, 3.05) is 25.5 Å². The minimum Gasteiger partial charge on any atom is -0.492 e. The van der Waals surface area contributed by atoms with Crippen molar-refractivity contribution in [2.45, 2.75) is 13.5 Å². The topological polar surface area (TPSA) is 41.6 Å². The van der Waals surface area contributed by atoms with E-state index in [2.05, 4.69) is 5.32 Å². The summed E-state index contributed by atoms with van der Waals surface area (Å²) in [4.78, 5) is 15.2. The summed E-state index contributed by atoms with van der Waals surface area (Å²) in [5, 5.41) is 2.89. The van der Waals surface area contributed by atoms with E-state index < -0.39 is 0 Å². The van der Waals surface area contributed by atoms with E-state index in [1.54, 1.807) is 0 Å². The van der Waals surface area contributed by atoms with Gasteiger partial charge in [0.1, 0.15) is 5.75 Å². The molecular formula is C16H19ClN2O2S. The van der Waals surface area contributed by atoms with Gasteiger partial charge in [0.2, 0.25) is 5.91 Å². The van der Waals surface area contributed by atoms with E-state index in [9.17, 15) is 4.79 Å². The molecule has 0 unspecified atom stereocenters. The Morgan fingerprint density at radius 2 is 2.09 bits per heavy atom.